The van der Waals surface area contributed by atoms with E-state index in [1.165, 1.54) is 14.0 Å². The molecule has 0 unspecified atom stereocenters. The van der Waals surface area contributed by atoms with Crippen LogP contribution in [0, 0.1) is 5.92 Å². The fraction of sp³-hybridized carbons (Fsp3) is 0.484. The third kappa shape index (κ3) is 10.7. The second-order valence-corrected chi connectivity index (χ2v) is 13.0. The highest BCUT2D eigenvalue weighted by Crippen LogP contribution is 2.20. The maximum Gasteiger partial charge on any atom is 0.305 e. The summed E-state index contributed by atoms with van der Waals surface area (Å²) < 4.78 is 0. The van der Waals surface area contributed by atoms with Gasteiger partial charge in [-0.15, -0.1) is 11.8 Å². The first-order chi connectivity index (χ1) is 23.1. The average molecular weight is 703 g/mol. The number of primary amides is 1. The number of rotatable bonds is 8. The SMILES string of the molecule is CC(C)[C@@H]1NC(=O)[C@@H](CC(=O)O)NC(=O)[C@H](C)N(C)C(=O)[C@H](Cc2c[nH]c3ccccc23)NC(=O)CSC[C@@H](C(=O)NCC(N)=O)NC1=O. The van der Waals surface area contributed by atoms with Crippen LogP contribution in [0.15, 0.2) is 30.5 Å². The Hall–Kier alpha value is -5.13. The number of nitrogens with zero attached hydrogens (tertiary/aromatic N) is 1. The number of aromatic nitrogens is 1. The second-order valence-electron chi connectivity index (χ2n) is 12.0. The van der Waals surface area contributed by atoms with Gasteiger partial charge in [-0.3, -0.25) is 38.4 Å². The molecule has 0 bridgehead atoms. The van der Waals surface area contributed by atoms with Crippen LogP contribution in [-0.4, -0.2) is 118 Å². The van der Waals surface area contributed by atoms with Crippen molar-refractivity contribution in [3.05, 3.63) is 36.0 Å². The van der Waals surface area contributed by atoms with Gasteiger partial charge in [-0.25, -0.2) is 0 Å². The number of benzene rings is 1. The predicted molar refractivity (Wildman–Crippen MR) is 179 cm³/mol. The first kappa shape index (κ1) is 38.3. The lowest BCUT2D eigenvalue weighted by Gasteiger charge is -2.31. The number of likely N-dealkylation sites (N-methyl/N-ethyl adjacent to an activating group) is 1. The highest BCUT2D eigenvalue weighted by Gasteiger charge is 2.35. The Morgan fingerprint density at radius 1 is 1.00 bits per heavy atom. The van der Waals surface area contributed by atoms with Crippen molar-refractivity contribution in [3.63, 3.8) is 0 Å². The first-order valence-electron chi connectivity index (χ1n) is 15.5. The number of carboxylic acids is 1. The zero-order chi connectivity index (χ0) is 36.4. The monoisotopic (exact) mass is 702 g/mol. The summed E-state index contributed by atoms with van der Waals surface area (Å²) in [6.45, 7) is 4.05. The molecule has 18 heteroatoms. The van der Waals surface area contributed by atoms with Crippen LogP contribution in [0.2, 0.25) is 0 Å². The van der Waals surface area contributed by atoms with E-state index in [0.29, 0.717) is 5.56 Å². The van der Waals surface area contributed by atoms with Gasteiger partial charge in [0.25, 0.3) is 0 Å². The van der Waals surface area contributed by atoms with E-state index in [4.69, 9.17) is 5.73 Å². The van der Waals surface area contributed by atoms with E-state index in [9.17, 15) is 43.5 Å². The normalized spacial score (nSPS) is 23.5. The number of thioether (sulfide) groups is 1. The van der Waals surface area contributed by atoms with Crippen molar-refractivity contribution >= 4 is 70.0 Å². The highest BCUT2D eigenvalue weighted by atomic mass is 32.2. The lowest BCUT2D eigenvalue weighted by Crippen LogP contribution is -2.60. The molecule has 5 atom stereocenters. The quantitative estimate of drug-likeness (QED) is 0.150. The number of fused-ring (bicyclic) bond motifs is 1. The van der Waals surface area contributed by atoms with Crippen molar-refractivity contribution in [2.24, 2.45) is 11.7 Å². The van der Waals surface area contributed by atoms with Gasteiger partial charge < -0.3 is 47.3 Å². The fourth-order valence-electron chi connectivity index (χ4n) is 5.05. The predicted octanol–water partition coefficient (Wildman–Crippen LogP) is -2.02. The Bertz CT molecular complexity index is 1600. The molecule has 49 heavy (non-hydrogen) atoms. The molecule has 1 aliphatic rings. The Morgan fingerprint density at radius 2 is 1.69 bits per heavy atom. The summed E-state index contributed by atoms with van der Waals surface area (Å²) in [7, 11) is 1.34. The molecule has 3 rings (SSSR count). The minimum Gasteiger partial charge on any atom is -0.481 e. The Labute approximate surface area is 286 Å². The van der Waals surface area contributed by atoms with Crippen LogP contribution in [-0.2, 0) is 44.8 Å². The van der Waals surface area contributed by atoms with Crippen LogP contribution in [0.1, 0.15) is 32.8 Å². The lowest BCUT2D eigenvalue weighted by molar-refractivity contribution is -0.144. The molecule has 1 aromatic heterocycles. The van der Waals surface area contributed by atoms with E-state index in [0.717, 1.165) is 27.6 Å². The second kappa shape index (κ2) is 17.3. The van der Waals surface area contributed by atoms with Gasteiger partial charge in [-0.2, -0.15) is 0 Å². The molecule has 0 saturated carbocycles. The topological polar surface area (TPSA) is 262 Å². The van der Waals surface area contributed by atoms with Crippen molar-refractivity contribution < 1.29 is 43.5 Å². The van der Waals surface area contributed by atoms with E-state index in [1.807, 2.05) is 24.3 Å². The van der Waals surface area contributed by atoms with E-state index < -0.39 is 96.4 Å². The van der Waals surface area contributed by atoms with Crippen LogP contribution < -0.4 is 32.3 Å². The number of hydrogen-bond donors (Lipinski definition) is 8. The number of H-pyrrole nitrogens is 1. The molecular weight excluding hydrogens is 660 g/mol. The number of hydrogen-bond acceptors (Lipinski definition) is 9. The fourth-order valence-corrected chi connectivity index (χ4v) is 5.90. The van der Waals surface area contributed by atoms with Crippen LogP contribution in [0.5, 0.6) is 0 Å². The summed E-state index contributed by atoms with van der Waals surface area (Å²) in [5, 5.41) is 22.7. The number of para-hydroxylation sites is 1. The maximum atomic E-state index is 13.9. The molecular formula is C31H42N8O9S. The number of carbonyl (C=O) groups excluding carboxylic acids is 7. The molecule has 7 amide bonds. The summed E-state index contributed by atoms with van der Waals surface area (Å²) in [6.07, 6.45) is 0.896. The molecule has 2 heterocycles. The van der Waals surface area contributed by atoms with Crippen molar-refractivity contribution in [3.8, 4) is 0 Å². The van der Waals surface area contributed by atoms with Gasteiger partial charge in [0.05, 0.1) is 18.7 Å². The van der Waals surface area contributed by atoms with Gasteiger partial charge in [-0.05, 0) is 24.5 Å². The molecule has 9 N–H and O–H groups in total. The Balaban J connectivity index is 1.99. The van der Waals surface area contributed by atoms with E-state index in [2.05, 4.69) is 31.6 Å². The molecule has 17 nitrogen and oxygen atoms in total. The molecule has 1 aliphatic heterocycles. The van der Waals surface area contributed by atoms with Gasteiger partial charge in [0, 0.05) is 36.3 Å². The summed E-state index contributed by atoms with van der Waals surface area (Å²) in [4.78, 5) is 107. The zero-order valence-electron chi connectivity index (χ0n) is 27.5. The number of aliphatic carboxylic acids is 1. The minimum atomic E-state index is -1.64. The Kier molecular flexibility index (Phi) is 13.5. The smallest absolute Gasteiger partial charge is 0.305 e. The number of nitrogens with two attached hydrogens (primary N) is 1. The molecule has 0 radical (unpaired) electrons. The van der Waals surface area contributed by atoms with Gasteiger partial charge in [0.1, 0.15) is 30.2 Å². The summed E-state index contributed by atoms with van der Waals surface area (Å²) >= 11 is 0.959. The maximum absolute atomic E-state index is 13.9. The van der Waals surface area contributed by atoms with Gasteiger partial charge in [-0.1, -0.05) is 32.0 Å². The molecule has 1 saturated heterocycles. The summed E-state index contributed by atoms with van der Waals surface area (Å²) in [5.74, 6) is -7.89. The zero-order valence-corrected chi connectivity index (χ0v) is 28.3. The highest BCUT2D eigenvalue weighted by molar-refractivity contribution is 8.00. The van der Waals surface area contributed by atoms with E-state index in [-0.39, 0.29) is 17.9 Å². The van der Waals surface area contributed by atoms with Crippen LogP contribution in [0.4, 0.5) is 0 Å². The third-order valence-corrected chi connectivity index (χ3v) is 8.92. The number of aromatic amines is 1. The molecule has 1 fully saturated rings. The number of carbonyl (C=O) groups is 8. The molecule has 1 aromatic carbocycles. The summed E-state index contributed by atoms with van der Waals surface area (Å²) in [5.41, 5.74) is 6.66. The standard InChI is InChI=1S/C31H42N8O9S/c1-15(2)26-30(47)37-22(28(45)34-12-23(32)40)13-49-14-24(41)35-21(9-17-11-33-19-8-6-5-7-18(17)19)31(48)39(4)16(3)27(44)36-20(10-25(42)43)29(46)38-26/h5-8,11,15-16,20-22,26,33H,9-10,12-14H2,1-4H3,(H2,32,40)(H,34,45)(H,35,41)(H,36,44)(H,37,47)(H,38,46)(H,42,43)/t16-,20+,21-,22-,26-/m0/s1. The van der Waals surface area contributed by atoms with Crippen molar-refractivity contribution in [2.45, 2.75) is 63.8 Å². The largest absolute Gasteiger partial charge is 0.481 e. The van der Waals surface area contributed by atoms with Crippen molar-refractivity contribution in [2.75, 3.05) is 25.1 Å². The number of nitrogens with one attached hydrogen (secondary N) is 6. The van der Waals surface area contributed by atoms with E-state index in [1.54, 1.807) is 20.0 Å². The van der Waals surface area contributed by atoms with E-state index >= 15 is 0 Å². The molecule has 0 spiro atoms. The number of amides is 7. The van der Waals surface area contributed by atoms with Crippen molar-refractivity contribution in [1.82, 2.24) is 36.5 Å². The van der Waals surface area contributed by atoms with Crippen LogP contribution in [0.25, 0.3) is 10.9 Å². The first-order valence-corrected chi connectivity index (χ1v) is 16.6. The van der Waals surface area contributed by atoms with Gasteiger partial charge in [0.2, 0.25) is 41.4 Å². The lowest BCUT2D eigenvalue weighted by atomic mass is 10.0. The summed E-state index contributed by atoms with van der Waals surface area (Å²) in [6, 6.07) is 0.749. The molecule has 266 valence electrons. The van der Waals surface area contributed by atoms with Gasteiger partial charge in [0.15, 0.2) is 0 Å². The average Bonchev–Trinajstić information content (AvgIpc) is 3.45. The van der Waals surface area contributed by atoms with Crippen LogP contribution in [0.3, 0.4) is 0 Å². The van der Waals surface area contributed by atoms with Crippen molar-refractivity contribution in [1.29, 1.82) is 0 Å². The Morgan fingerprint density at radius 3 is 2.35 bits per heavy atom. The molecule has 0 aliphatic carbocycles. The van der Waals surface area contributed by atoms with Gasteiger partial charge >= 0.3 is 5.97 Å². The third-order valence-electron chi connectivity index (χ3n) is 7.89. The molecule has 2 aromatic rings. The minimum absolute atomic E-state index is 0.0345. The van der Waals surface area contributed by atoms with Crippen LogP contribution >= 0.6 is 11.8 Å². The number of carboxylic acid groups (broad SMARTS) is 1.